The number of benzene rings is 1. The van der Waals surface area contributed by atoms with Gasteiger partial charge in [-0.15, -0.1) is 0 Å². The molecule has 11 heteroatoms. The van der Waals surface area contributed by atoms with E-state index in [1.807, 2.05) is 0 Å². The minimum Gasteiger partial charge on any atom is -0.489 e. The van der Waals surface area contributed by atoms with Crippen molar-refractivity contribution in [2.24, 2.45) is 24.8 Å². The molecule has 4 rings (SSSR count). The van der Waals surface area contributed by atoms with Gasteiger partial charge >= 0.3 is 5.69 Å². The van der Waals surface area contributed by atoms with Gasteiger partial charge in [0, 0.05) is 24.4 Å². The number of carbonyl (C=O) groups is 3. The number of nitrogens with zero attached hydrogens (tertiary/aromatic N) is 4. The average Bonchev–Trinajstić information content (AvgIpc) is 3.30. The number of hydrogen-bond acceptors (Lipinski definition) is 7. The van der Waals surface area contributed by atoms with Crippen LogP contribution in [0.2, 0.25) is 0 Å². The van der Waals surface area contributed by atoms with Crippen LogP contribution in [0.25, 0.3) is 0 Å². The number of hydrogen-bond donors (Lipinski definition) is 0. The van der Waals surface area contributed by atoms with E-state index in [2.05, 4.69) is 42.3 Å². The van der Waals surface area contributed by atoms with Gasteiger partial charge in [-0.25, -0.2) is 4.79 Å². The maximum atomic E-state index is 13.2. The molecule has 0 saturated heterocycles. The summed E-state index contributed by atoms with van der Waals surface area (Å²) in [5.74, 6) is -2.32. The van der Waals surface area contributed by atoms with Crippen LogP contribution in [0.15, 0.2) is 25.9 Å². The van der Waals surface area contributed by atoms with Crippen LogP contribution in [0, 0.1) is 17.8 Å². The fourth-order valence-electron chi connectivity index (χ4n) is 4.11. The number of ether oxygens (including phenoxy) is 1. The van der Waals surface area contributed by atoms with E-state index < -0.39 is 11.7 Å². The van der Waals surface area contributed by atoms with Gasteiger partial charge in [-0.2, -0.15) is 9.36 Å². The standard InChI is InChI=1S/C19H18Br2N4O5/c1-24-19(29)25(23-22-24)6-7-30-18-12(20)5-4-11(14(18)21)17(28)13-15(26)9-2-3-10(8-9)16(13)27/h4-5,9-10,13H,2-3,6-8H2,1H3. The summed E-state index contributed by atoms with van der Waals surface area (Å²) in [5.41, 5.74) is -0.150. The van der Waals surface area contributed by atoms with Crippen molar-refractivity contribution in [1.82, 2.24) is 19.8 Å². The molecule has 2 atom stereocenters. The van der Waals surface area contributed by atoms with Gasteiger partial charge in [-0.05, 0) is 73.7 Å². The predicted molar refractivity (Wildman–Crippen MR) is 111 cm³/mol. The van der Waals surface area contributed by atoms with Gasteiger partial charge in [0.05, 0.1) is 15.5 Å². The number of rotatable bonds is 6. The van der Waals surface area contributed by atoms with Crippen LogP contribution >= 0.6 is 31.9 Å². The Morgan fingerprint density at radius 1 is 1.13 bits per heavy atom. The second-order valence-corrected chi connectivity index (χ2v) is 9.15. The number of tetrazole rings is 1. The molecule has 0 N–H and O–H groups in total. The fourth-order valence-corrected chi connectivity index (χ4v) is 5.47. The van der Waals surface area contributed by atoms with E-state index >= 15 is 0 Å². The SMILES string of the molecule is Cn1nnn(CCOc2c(Br)ccc(C(=O)C3C(=O)C4CCC(C4)C3=O)c2Br)c1=O. The summed E-state index contributed by atoms with van der Waals surface area (Å²) in [6.45, 7) is 0.256. The largest absolute Gasteiger partial charge is 0.489 e. The van der Waals surface area contributed by atoms with Crippen LogP contribution < -0.4 is 10.4 Å². The van der Waals surface area contributed by atoms with Crippen molar-refractivity contribution >= 4 is 49.2 Å². The molecule has 2 fully saturated rings. The highest BCUT2D eigenvalue weighted by Gasteiger charge is 2.50. The molecule has 2 aliphatic rings. The molecular weight excluding hydrogens is 524 g/mol. The number of aryl methyl sites for hydroxylation is 1. The highest BCUT2D eigenvalue weighted by atomic mass is 79.9. The molecule has 0 radical (unpaired) electrons. The molecule has 1 aromatic heterocycles. The van der Waals surface area contributed by atoms with Gasteiger partial charge in [0.2, 0.25) is 0 Å². The van der Waals surface area contributed by atoms with Crippen molar-refractivity contribution in [2.75, 3.05) is 6.61 Å². The molecule has 2 bridgehead atoms. The Morgan fingerprint density at radius 3 is 2.40 bits per heavy atom. The first-order chi connectivity index (χ1) is 14.3. The van der Waals surface area contributed by atoms with Crippen LogP contribution in [-0.4, -0.2) is 43.7 Å². The first kappa shape index (κ1) is 21.1. The predicted octanol–water partition coefficient (Wildman–Crippen LogP) is 1.95. The van der Waals surface area contributed by atoms with Crippen LogP contribution in [0.3, 0.4) is 0 Å². The van der Waals surface area contributed by atoms with Crippen LogP contribution in [0.1, 0.15) is 29.6 Å². The summed E-state index contributed by atoms with van der Waals surface area (Å²) in [4.78, 5) is 50.3. The van der Waals surface area contributed by atoms with E-state index in [0.717, 1.165) is 9.36 Å². The number of halogens is 2. The molecular formula is C19H18Br2N4O5. The van der Waals surface area contributed by atoms with Gasteiger partial charge in [-0.1, -0.05) is 0 Å². The molecule has 2 aromatic rings. The highest BCUT2D eigenvalue weighted by molar-refractivity contribution is 9.11. The quantitative estimate of drug-likeness (QED) is 0.405. The van der Waals surface area contributed by atoms with Crippen molar-refractivity contribution in [3.05, 3.63) is 37.1 Å². The summed E-state index contributed by atoms with van der Waals surface area (Å²) >= 11 is 6.77. The van der Waals surface area contributed by atoms with Gasteiger partial charge in [0.25, 0.3) is 0 Å². The van der Waals surface area contributed by atoms with Crippen LogP contribution in [-0.2, 0) is 23.2 Å². The van der Waals surface area contributed by atoms with E-state index in [1.54, 1.807) is 12.1 Å². The Balaban J connectivity index is 1.55. The minimum atomic E-state index is -1.24. The Labute approximate surface area is 188 Å². The van der Waals surface area contributed by atoms with E-state index in [1.165, 1.54) is 7.05 Å². The van der Waals surface area contributed by atoms with Crippen LogP contribution in [0.5, 0.6) is 5.75 Å². The number of ketones is 3. The summed E-state index contributed by atoms with van der Waals surface area (Å²) in [7, 11) is 1.50. The molecule has 2 saturated carbocycles. The molecule has 2 unspecified atom stereocenters. The molecule has 0 amide bonds. The van der Waals surface area contributed by atoms with Gasteiger partial charge in [0.1, 0.15) is 18.3 Å². The number of Topliss-reactive ketones (excluding diaryl/α,β-unsaturated/α-hetero) is 3. The molecule has 1 aromatic carbocycles. The first-order valence-electron chi connectivity index (χ1n) is 9.48. The zero-order valence-electron chi connectivity index (χ0n) is 16.0. The molecule has 9 nitrogen and oxygen atoms in total. The summed E-state index contributed by atoms with van der Waals surface area (Å²) < 4.78 is 8.97. The monoisotopic (exact) mass is 540 g/mol. The molecule has 2 aliphatic carbocycles. The lowest BCUT2D eigenvalue weighted by Crippen LogP contribution is -2.41. The van der Waals surface area contributed by atoms with Crippen molar-refractivity contribution < 1.29 is 19.1 Å². The lowest BCUT2D eigenvalue weighted by atomic mass is 9.75. The normalized spacial score (nSPS) is 23.1. The first-order valence-corrected chi connectivity index (χ1v) is 11.1. The molecule has 30 heavy (non-hydrogen) atoms. The lowest BCUT2D eigenvalue weighted by Gasteiger charge is -2.25. The maximum Gasteiger partial charge on any atom is 0.363 e. The van der Waals surface area contributed by atoms with Crippen molar-refractivity contribution in [3.8, 4) is 5.75 Å². The second-order valence-electron chi connectivity index (χ2n) is 7.50. The molecule has 0 aliphatic heterocycles. The topological polar surface area (TPSA) is 113 Å². The van der Waals surface area contributed by atoms with Crippen molar-refractivity contribution in [3.63, 3.8) is 0 Å². The lowest BCUT2D eigenvalue weighted by molar-refractivity contribution is -0.137. The van der Waals surface area contributed by atoms with Crippen molar-refractivity contribution in [1.29, 1.82) is 0 Å². The average molecular weight is 542 g/mol. The third-order valence-corrected chi connectivity index (χ3v) is 7.12. The molecule has 0 spiro atoms. The molecule has 1 heterocycles. The Morgan fingerprint density at radius 2 is 1.80 bits per heavy atom. The smallest absolute Gasteiger partial charge is 0.363 e. The zero-order valence-corrected chi connectivity index (χ0v) is 19.2. The third kappa shape index (κ3) is 3.58. The van der Waals surface area contributed by atoms with E-state index in [0.29, 0.717) is 34.0 Å². The third-order valence-electron chi connectivity index (χ3n) is 5.71. The summed E-state index contributed by atoms with van der Waals surface area (Å²) in [6.07, 6.45) is 1.92. The van der Waals surface area contributed by atoms with Gasteiger partial charge < -0.3 is 4.74 Å². The maximum absolute atomic E-state index is 13.2. The summed E-state index contributed by atoms with van der Waals surface area (Å²) in [6, 6.07) is 3.20. The zero-order chi connectivity index (χ0) is 21.6. The summed E-state index contributed by atoms with van der Waals surface area (Å²) in [5, 5.41) is 7.35. The Hall–Kier alpha value is -2.14. The Kier molecular flexibility index (Phi) is 5.75. The minimum absolute atomic E-state index is 0.0961. The molecule has 158 valence electrons. The van der Waals surface area contributed by atoms with E-state index in [9.17, 15) is 19.2 Å². The van der Waals surface area contributed by atoms with Crippen molar-refractivity contribution in [2.45, 2.75) is 25.8 Å². The van der Waals surface area contributed by atoms with Gasteiger partial charge in [-0.3, -0.25) is 14.4 Å². The van der Waals surface area contributed by atoms with Crippen LogP contribution in [0.4, 0.5) is 0 Å². The van der Waals surface area contributed by atoms with E-state index in [-0.39, 0.29) is 47.8 Å². The second kappa shape index (κ2) is 8.18. The Bertz CT molecular complexity index is 1090. The number of carbonyl (C=O) groups excluding carboxylic acids is 3. The fraction of sp³-hybridized carbons (Fsp3) is 0.474. The number of fused-ring (bicyclic) bond motifs is 2. The number of aromatic nitrogens is 4. The van der Waals surface area contributed by atoms with E-state index in [4.69, 9.17) is 4.74 Å². The highest BCUT2D eigenvalue weighted by Crippen LogP contribution is 2.43. The van der Waals surface area contributed by atoms with Gasteiger partial charge in [0.15, 0.2) is 17.3 Å².